The second kappa shape index (κ2) is 3.68. The lowest BCUT2D eigenvalue weighted by atomic mass is 9.81. The molecule has 2 aliphatic rings. The standard InChI is InChI=1S/C14H10O5/c15-9-5-6-10(16)11(9)14(19)12(17)7-3-1-2-4-8(7)13(14)18/h1-4,11,19H,5-6H2. The maximum atomic E-state index is 12.2. The van der Waals surface area contributed by atoms with E-state index in [2.05, 4.69) is 0 Å². The number of carbonyl (C=O) groups excluding carboxylic acids is 4. The van der Waals surface area contributed by atoms with Gasteiger partial charge >= 0.3 is 0 Å². The summed E-state index contributed by atoms with van der Waals surface area (Å²) in [5.74, 6) is -4.31. The second-order valence-electron chi connectivity index (χ2n) is 4.84. The predicted octanol–water partition coefficient (Wildman–Crippen LogP) is 0.345. The molecular weight excluding hydrogens is 248 g/mol. The van der Waals surface area contributed by atoms with Gasteiger partial charge in [-0.05, 0) is 0 Å². The Hall–Kier alpha value is -2.14. The van der Waals surface area contributed by atoms with Crippen LogP contribution in [0.3, 0.4) is 0 Å². The van der Waals surface area contributed by atoms with Gasteiger partial charge in [0, 0.05) is 24.0 Å². The topological polar surface area (TPSA) is 88.5 Å². The molecule has 1 saturated carbocycles. The Balaban J connectivity index is 2.17. The van der Waals surface area contributed by atoms with Gasteiger partial charge in [0.05, 0.1) is 0 Å². The molecule has 0 bridgehead atoms. The van der Waals surface area contributed by atoms with Crippen LogP contribution in [0.1, 0.15) is 33.6 Å². The molecule has 5 heteroatoms. The van der Waals surface area contributed by atoms with Crippen molar-refractivity contribution in [3.8, 4) is 0 Å². The zero-order valence-corrected chi connectivity index (χ0v) is 9.88. The lowest BCUT2D eigenvalue weighted by Gasteiger charge is -2.23. The molecule has 96 valence electrons. The summed E-state index contributed by atoms with van der Waals surface area (Å²) >= 11 is 0. The van der Waals surface area contributed by atoms with Gasteiger partial charge in [-0.2, -0.15) is 0 Å². The summed E-state index contributed by atoms with van der Waals surface area (Å²) in [4.78, 5) is 47.9. The molecule has 0 radical (unpaired) electrons. The van der Waals surface area contributed by atoms with E-state index >= 15 is 0 Å². The van der Waals surface area contributed by atoms with Gasteiger partial charge in [-0.3, -0.25) is 19.2 Å². The molecule has 0 heterocycles. The van der Waals surface area contributed by atoms with Gasteiger partial charge in [-0.25, -0.2) is 0 Å². The minimum Gasteiger partial charge on any atom is -0.373 e. The van der Waals surface area contributed by atoms with Crippen LogP contribution in [-0.2, 0) is 9.59 Å². The van der Waals surface area contributed by atoms with E-state index < -0.39 is 34.7 Å². The maximum absolute atomic E-state index is 12.2. The molecule has 1 aromatic rings. The molecule has 2 aliphatic carbocycles. The van der Waals surface area contributed by atoms with Crippen LogP contribution >= 0.6 is 0 Å². The quantitative estimate of drug-likeness (QED) is 0.734. The summed E-state index contributed by atoms with van der Waals surface area (Å²) in [5, 5.41) is 10.4. The van der Waals surface area contributed by atoms with Crippen LogP contribution in [0.4, 0.5) is 0 Å². The summed E-state index contributed by atoms with van der Waals surface area (Å²) < 4.78 is 0. The third-order valence-corrected chi connectivity index (χ3v) is 3.79. The van der Waals surface area contributed by atoms with Gasteiger partial charge in [0.2, 0.25) is 17.2 Å². The molecule has 0 spiro atoms. The van der Waals surface area contributed by atoms with Crippen molar-refractivity contribution in [2.45, 2.75) is 18.4 Å². The molecule has 5 nitrogen and oxygen atoms in total. The van der Waals surface area contributed by atoms with Gasteiger partial charge in [0.1, 0.15) is 17.5 Å². The third-order valence-electron chi connectivity index (χ3n) is 3.79. The number of carbonyl (C=O) groups is 4. The molecule has 19 heavy (non-hydrogen) atoms. The van der Waals surface area contributed by atoms with Gasteiger partial charge in [-0.1, -0.05) is 24.3 Å². The Kier molecular flexibility index (Phi) is 2.31. The number of benzene rings is 1. The minimum atomic E-state index is -2.53. The Morgan fingerprint density at radius 1 is 0.895 bits per heavy atom. The van der Waals surface area contributed by atoms with E-state index in [-0.39, 0.29) is 24.0 Å². The second-order valence-corrected chi connectivity index (χ2v) is 4.84. The Labute approximate surface area is 108 Å². The first-order valence-corrected chi connectivity index (χ1v) is 5.94. The van der Waals surface area contributed by atoms with Gasteiger partial charge < -0.3 is 5.11 Å². The van der Waals surface area contributed by atoms with Crippen LogP contribution in [0.2, 0.25) is 0 Å². The zero-order valence-electron chi connectivity index (χ0n) is 9.88. The van der Waals surface area contributed by atoms with Crippen LogP contribution in [0.5, 0.6) is 0 Å². The van der Waals surface area contributed by atoms with E-state index in [1.807, 2.05) is 0 Å². The molecule has 3 rings (SSSR count). The lowest BCUT2D eigenvalue weighted by molar-refractivity contribution is -0.133. The third kappa shape index (κ3) is 1.33. The van der Waals surface area contributed by atoms with Crippen molar-refractivity contribution in [2.75, 3.05) is 0 Å². The average Bonchev–Trinajstić information content (AvgIpc) is 2.83. The highest BCUT2D eigenvalue weighted by molar-refractivity contribution is 6.36. The van der Waals surface area contributed by atoms with Crippen molar-refractivity contribution >= 4 is 23.1 Å². The van der Waals surface area contributed by atoms with Crippen LogP contribution in [0.15, 0.2) is 24.3 Å². The summed E-state index contributed by atoms with van der Waals surface area (Å²) in [7, 11) is 0. The number of Topliss-reactive ketones (excluding diaryl/α,β-unsaturated/α-hetero) is 4. The van der Waals surface area contributed by atoms with Crippen molar-refractivity contribution in [2.24, 2.45) is 5.92 Å². The first-order valence-electron chi connectivity index (χ1n) is 5.94. The summed E-state index contributed by atoms with van der Waals surface area (Å²) in [6.45, 7) is 0. The number of rotatable bonds is 1. The largest absolute Gasteiger partial charge is 0.373 e. The highest BCUT2D eigenvalue weighted by Gasteiger charge is 2.62. The van der Waals surface area contributed by atoms with Gasteiger partial charge in [0.15, 0.2) is 0 Å². The monoisotopic (exact) mass is 258 g/mol. The summed E-state index contributed by atoms with van der Waals surface area (Å²) in [6, 6.07) is 5.96. The van der Waals surface area contributed by atoms with Crippen molar-refractivity contribution in [3.63, 3.8) is 0 Å². The van der Waals surface area contributed by atoms with Crippen molar-refractivity contribution < 1.29 is 24.3 Å². The van der Waals surface area contributed by atoms with E-state index in [1.165, 1.54) is 12.1 Å². The van der Waals surface area contributed by atoms with E-state index in [1.54, 1.807) is 12.1 Å². The zero-order chi connectivity index (χ0) is 13.8. The fraction of sp³-hybridized carbons (Fsp3) is 0.286. The van der Waals surface area contributed by atoms with E-state index in [0.717, 1.165) is 0 Å². The number of ketones is 4. The number of aliphatic hydroxyl groups is 1. The molecule has 0 saturated heterocycles. The molecular formula is C14H10O5. The summed E-state index contributed by atoms with van der Waals surface area (Å²) in [5.41, 5.74) is -2.39. The summed E-state index contributed by atoms with van der Waals surface area (Å²) in [6.07, 6.45) is -0.0502. The van der Waals surface area contributed by atoms with Crippen molar-refractivity contribution in [1.82, 2.24) is 0 Å². The van der Waals surface area contributed by atoms with Crippen molar-refractivity contribution in [3.05, 3.63) is 35.4 Å². The normalized spacial score (nSPS) is 22.2. The van der Waals surface area contributed by atoms with Crippen molar-refractivity contribution in [1.29, 1.82) is 0 Å². The average molecular weight is 258 g/mol. The fourth-order valence-electron chi connectivity index (χ4n) is 2.84. The molecule has 0 unspecified atom stereocenters. The van der Waals surface area contributed by atoms with E-state index in [9.17, 15) is 24.3 Å². The van der Waals surface area contributed by atoms with Crippen LogP contribution < -0.4 is 0 Å². The van der Waals surface area contributed by atoms with Gasteiger partial charge in [-0.15, -0.1) is 0 Å². The van der Waals surface area contributed by atoms with Gasteiger partial charge in [0.25, 0.3) is 0 Å². The molecule has 1 N–H and O–H groups in total. The molecule has 0 aromatic heterocycles. The van der Waals surface area contributed by atoms with Crippen LogP contribution in [0, 0.1) is 5.92 Å². The first-order chi connectivity index (χ1) is 8.98. The first kappa shape index (κ1) is 11.9. The van der Waals surface area contributed by atoms with E-state index in [4.69, 9.17) is 0 Å². The molecule has 1 fully saturated rings. The predicted molar refractivity (Wildman–Crippen MR) is 62.8 cm³/mol. The van der Waals surface area contributed by atoms with Crippen LogP contribution in [0.25, 0.3) is 0 Å². The molecule has 0 amide bonds. The minimum absolute atomic E-state index is 0.0251. The number of fused-ring (bicyclic) bond motifs is 1. The highest BCUT2D eigenvalue weighted by Crippen LogP contribution is 2.39. The highest BCUT2D eigenvalue weighted by atomic mass is 16.3. The Morgan fingerprint density at radius 3 is 1.74 bits per heavy atom. The van der Waals surface area contributed by atoms with E-state index in [0.29, 0.717) is 0 Å². The smallest absolute Gasteiger partial charge is 0.207 e. The SMILES string of the molecule is O=C1CCC(=O)C1C1(O)C(=O)c2ccccc2C1=O. The Morgan fingerprint density at radius 2 is 1.32 bits per heavy atom. The fourth-order valence-corrected chi connectivity index (χ4v) is 2.84. The maximum Gasteiger partial charge on any atom is 0.207 e. The van der Waals surface area contributed by atoms with Crippen LogP contribution in [-0.4, -0.2) is 33.8 Å². The molecule has 1 aromatic carbocycles. The molecule has 0 aliphatic heterocycles. The Bertz CT molecular complexity index is 592. The number of hydrogen-bond donors (Lipinski definition) is 1. The number of hydrogen-bond acceptors (Lipinski definition) is 5. The lowest BCUT2D eigenvalue weighted by Crippen LogP contribution is -2.52. The molecule has 0 atom stereocenters.